The van der Waals surface area contributed by atoms with Gasteiger partial charge in [-0.1, -0.05) is 15.9 Å². The van der Waals surface area contributed by atoms with Crippen LogP contribution >= 0.6 is 15.9 Å². The van der Waals surface area contributed by atoms with E-state index < -0.39 is 0 Å². The van der Waals surface area contributed by atoms with Crippen molar-refractivity contribution in [1.82, 2.24) is 0 Å². The Balaban J connectivity index is 2.02. The molecule has 1 aliphatic heterocycles. The Hall–Kier alpha value is 0.400. The van der Waals surface area contributed by atoms with Gasteiger partial charge in [0.05, 0.1) is 6.61 Å². The Bertz CT molecular complexity index is 81.7. The summed E-state index contributed by atoms with van der Waals surface area (Å²) < 4.78 is 10.7. The van der Waals surface area contributed by atoms with Crippen LogP contribution in [0, 0.1) is 0 Å². The van der Waals surface area contributed by atoms with Gasteiger partial charge in [-0.25, -0.2) is 0 Å². The number of hydrogen-bond acceptors (Lipinski definition) is 2. The molecule has 1 aliphatic rings. The van der Waals surface area contributed by atoms with Crippen molar-refractivity contribution in [3.63, 3.8) is 0 Å². The lowest BCUT2D eigenvalue weighted by molar-refractivity contribution is -0.158. The normalized spacial score (nSPS) is 26.7. The van der Waals surface area contributed by atoms with Crippen LogP contribution in [0.15, 0.2) is 0 Å². The standard InChI is InChI=1S/C7H13BrO2/c8-4-6-10-7-3-1-2-5-9-7/h7H,1-6H2/t7-/m1/s1. The lowest BCUT2D eigenvalue weighted by Crippen LogP contribution is -2.22. The smallest absolute Gasteiger partial charge is 0.157 e. The van der Waals surface area contributed by atoms with E-state index in [1.807, 2.05) is 0 Å². The molecule has 1 atom stereocenters. The molecular weight excluding hydrogens is 196 g/mol. The van der Waals surface area contributed by atoms with E-state index in [0.717, 1.165) is 25.0 Å². The van der Waals surface area contributed by atoms with Gasteiger partial charge in [0.15, 0.2) is 6.29 Å². The van der Waals surface area contributed by atoms with Crippen molar-refractivity contribution in [2.75, 3.05) is 18.5 Å². The SMILES string of the molecule is BrCCO[C@@H]1CCCCO1. The van der Waals surface area contributed by atoms with Crippen molar-refractivity contribution in [3.8, 4) is 0 Å². The van der Waals surface area contributed by atoms with Crippen LogP contribution in [0.2, 0.25) is 0 Å². The first-order valence-electron chi connectivity index (χ1n) is 3.72. The molecule has 60 valence electrons. The summed E-state index contributed by atoms with van der Waals surface area (Å²) in [5.74, 6) is 0. The maximum atomic E-state index is 5.36. The topological polar surface area (TPSA) is 18.5 Å². The quantitative estimate of drug-likeness (QED) is 0.661. The number of alkyl halides is 1. The molecule has 0 aromatic carbocycles. The van der Waals surface area contributed by atoms with Crippen molar-refractivity contribution < 1.29 is 9.47 Å². The van der Waals surface area contributed by atoms with Crippen molar-refractivity contribution in [2.45, 2.75) is 25.6 Å². The minimum atomic E-state index is 0.0753. The third-order valence-corrected chi connectivity index (χ3v) is 1.84. The molecule has 2 nitrogen and oxygen atoms in total. The van der Waals surface area contributed by atoms with E-state index >= 15 is 0 Å². The highest BCUT2D eigenvalue weighted by Crippen LogP contribution is 2.13. The fraction of sp³-hybridized carbons (Fsp3) is 1.00. The molecule has 0 amide bonds. The summed E-state index contributed by atoms with van der Waals surface area (Å²) in [6.45, 7) is 1.62. The lowest BCUT2D eigenvalue weighted by Gasteiger charge is -2.22. The second-order valence-electron chi connectivity index (χ2n) is 2.36. The van der Waals surface area contributed by atoms with E-state index in [0.29, 0.717) is 0 Å². The molecule has 10 heavy (non-hydrogen) atoms. The second kappa shape index (κ2) is 5.10. The van der Waals surface area contributed by atoms with Crippen LogP contribution in [0.1, 0.15) is 19.3 Å². The van der Waals surface area contributed by atoms with Crippen LogP contribution in [0.4, 0.5) is 0 Å². The molecular formula is C7H13BrO2. The highest BCUT2D eigenvalue weighted by Gasteiger charge is 2.12. The predicted molar refractivity (Wildman–Crippen MR) is 43.3 cm³/mol. The molecule has 1 heterocycles. The number of hydrogen-bond donors (Lipinski definition) is 0. The van der Waals surface area contributed by atoms with Gasteiger partial charge in [0, 0.05) is 11.9 Å². The molecule has 3 heteroatoms. The first kappa shape index (κ1) is 8.50. The summed E-state index contributed by atoms with van der Waals surface area (Å²) in [5, 5.41) is 0.896. The van der Waals surface area contributed by atoms with E-state index in [9.17, 15) is 0 Å². The third kappa shape index (κ3) is 2.99. The summed E-state index contributed by atoms with van der Waals surface area (Å²) in [7, 11) is 0. The predicted octanol–water partition coefficient (Wildman–Crippen LogP) is 1.92. The Morgan fingerprint density at radius 2 is 2.40 bits per heavy atom. The molecule has 0 aromatic heterocycles. The van der Waals surface area contributed by atoms with Gasteiger partial charge < -0.3 is 9.47 Å². The summed E-state index contributed by atoms with van der Waals surface area (Å²) in [6.07, 6.45) is 3.57. The Labute approximate surface area is 70.0 Å². The highest BCUT2D eigenvalue weighted by molar-refractivity contribution is 9.09. The van der Waals surface area contributed by atoms with Gasteiger partial charge in [-0.05, 0) is 19.3 Å². The van der Waals surface area contributed by atoms with Gasteiger partial charge in [0.2, 0.25) is 0 Å². The molecule has 1 fully saturated rings. The monoisotopic (exact) mass is 208 g/mol. The van der Waals surface area contributed by atoms with Crippen LogP contribution in [-0.2, 0) is 9.47 Å². The van der Waals surface area contributed by atoms with Crippen molar-refractivity contribution >= 4 is 15.9 Å². The van der Waals surface area contributed by atoms with Gasteiger partial charge >= 0.3 is 0 Å². The van der Waals surface area contributed by atoms with E-state index in [2.05, 4.69) is 15.9 Å². The molecule has 0 unspecified atom stereocenters. The fourth-order valence-corrected chi connectivity index (χ4v) is 1.21. The zero-order valence-corrected chi connectivity index (χ0v) is 7.60. The minimum Gasteiger partial charge on any atom is -0.353 e. The highest BCUT2D eigenvalue weighted by atomic mass is 79.9. The van der Waals surface area contributed by atoms with Gasteiger partial charge in [-0.15, -0.1) is 0 Å². The Morgan fingerprint density at radius 1 is 1.50 bits per heavy atom. The summed E-state index contributed by atoms with van der Waals surface area (Å²) in [6, 6.07) is 0. The molecule has 0 bridgehead atoms. The minimum absolute atomic E-state index is 0.0753. The molecule has 1 saturated heterocycles. The molecule has 0 radical (unpaired) electrons. The number of ether oxygens (including phenoxy) is 2. The van der Waals surface area contributed by atoms with Gasteiger partial charge in [-0.3, -0.25) is 0 Å². The Morgan fingerprint density at radius 3 is 3.00 bits per heavy atom. The average molecular weight is 209 g/mol. The second-order valence-corrected chi connectivity index (χ2v) is 3.15. The fourth-order valence-electron chi connectivity index (χ4n) is 1.02. The molecule has 0 aromatic rings. The maximum absolute atomic E-state index is 5.36. The van der Waals surface area contributed by atoms with Gasteiger partial charge in [-0.2, -0.15) is 0 Å². The average Bonchev–Trinajstić information content (AvgIpc) is 2.03. The first-order valence-corrected chi connectivity index (χ1v) is 4.85. The van der Waals surface area contributed by atoms with Crippen LogP contribution in [0.5, 0.6) is 0 Å². The van der Waals surface area contributed by atoms with Gasteiger partial charge in [0.1, 0.15) is 0 Å². The van der Waals surface area contributed by atoms with Crippen LogP contribution in [0.25, 0.3) is 0 Å². The van der Waals surface area contributed by atoms with E-state index in [1.165, 1.54) is 12.8 Å². The Kier molecular flexibility index (Phi) is 4.34. The number of halogens is 1. The van der Waals surface area contributed by atoms with E-state index in [-0.39, 0.29) is 6.29 Å². The van der Waals surface area contributed by atoms with Crippen molar-refractivity contribution in [1.29, 1.82) is 0 Å². The van der Waals surface area contributed by atoms with Gasteiger partial charge in [0.25, 0.3) is 0 Å². The molecule has 0 aliphatic carbocycles. The van der Waals surface area contributed by atoms with Crippen LogP contribution < -0.4 is 0 Å². The third-order valence-electron chi connectivity index (χ3n) is 1.52. The van der Waals surface area contributed by atoms with Crippen molar-refractivity contribution in [3.05, 3.63) is 0 Å². The van der Waals surface area contributed by atoms with Crippen LogP contribution in [-0.4, -0.2) is 24.8 Å². The summed E-state index contributed by atoms with van der Waals surface area (Å²) in [5.41, 5.74) is 0. The lowest BCUT2D eigenvalue weighted by atomic mass is 10.2. The molecule has 0 spiro atoms. The van der Waals surface area contributed by atoms with E-state index in [4.69, 9.17) is 9.47 Å². The van der Waals surface area contributed by atoms with Crippen molar-refractivity contribution in [2.24, 2.45) is 0 Å². The first-order chi connectivity index (χ1) is 4.93. The van der Waals surface area contributed by atoms with E-state index in [1.54, 1.807) is 0 Å². The zero-order valence-electron chi connectivity index (χ0n) is 6.01. The summed E-state index contributed by atoms with van der Waals surface area (Å²) >= 11 is 3.30. The zero-order chi connectivity index (χ0) is 7.23. The summed E-state index contributed by atoms with van der Waals surface area (Å²) in [4.78, 5) is 0. The molecule has 0 saturated carbocycles. The molecule has 1 rings (SSSR count). The van der Waals surface area contributed by atoms with Crippen LogP contribution in [0.3, 0.4) is 0 Å². The largest absolute Gasteiger partial charge is 0.353 e. The molecule has 0 N–H and O–H groups in total. The number of rotatable bonds is 3. The maximum Gasteiger partial charge on any atom is 0.157 e.